The first-order chi connectivity index (χ1) is 14.1. The Morgan fingerprint density at radius 3 is 2.83 bits per heavy atom. The maximum atomic E-state index is 13.4. The second-order valence-electron chi connectivity index (χ2n) is 6.76. The van der Waals surface area contributed by atoms with Crippen molar-refractivity contribution < 1.29 is 13.9 Å². The minimum absolute atomic E-state index is 0.167. The SMILES string of the molecule is CCOc1ccc(NC(=O)c2c(/N=C/c3cccc(F)c3)sc3c2CCC3)cc1. The number of rotatable bonds is 6. The number of anilines is 1. The van der Waals surface area contributed by atoms with Crippen LogP contribution in [0.1, 0.15) is 39.7 Å². The van der Waals surface area contributed by atoms with Gasteiger partial charge in [0.25, 0.3) is 5.91 Å². The fourth-order valence-electron chi connectivity index (χ4n) is 3.43. The molecule has 0 saturated carbocycles. The molecule has 148 valence electrons. The molecule has 3 aromatic rings. The molecule has 0 bridgehead atoms. The summed E-state index contributed by atoms with van der Waals surface area (Å²) in [4.78, 5) is 18.8. The third-order valence-electron chi connectivity index (χ3n) is 4.73. The zero-order chi connectivity index (χ0) is 20.2. The van der Waals surface area contributed by atoms with Gasteiger partial charge in [0.05, 0.1) is 12.2 Å². The highest BCUT2D eigenvalue weighted by atomic mass is 32.1. The summed E-state index contributed by atoms with van der Waals surface area (Å²) in [6.07, 6.45) is 4.52. The molecule has 1 amide bonds. The van der Waals surface area contributed by atoms with Crippen LogP contribution in [0.5, 0.6) is 5.75 Å². The minimum Gasteiger partial charge on any atom is -0.494 e. The number of nitrogens with zero attached hydrogens (tertiary/aromatic N) is 1. The van der Waals surface area contributed by atoms with E-state index in [1.165, 1.54) is 17.0 Å². The molecular weight excluding hydrogens is 387 g/mol. The van der Waals surface area contributed by atoms with Crippen LogP contribution in [-0.2, 0) is 12.8 Å². The molecule has 0 saturated heterocycles. The third kappa shape index (κ3) is 4.38. The summed E-state index contributed by atoms with van der Waals surface area (Å²) in [5.41, 5.74) is 3.08. The fourth-order valence-corrected chi connectivity index (χ4v) is 4.66. The van der Waals surface area contributed by atoms with E-state index in [9.17, 15) is 9.18 Å². The number of hydrogen-bond donors (Lipinski definition) is 1. The third-order valence-corrected chi connectivity index (χ3v) is 5.93. The molecule has 0 aliphatic heterocycles. The number of aryl methyl sites for hydroxylation is 1. The predicted molar refractivity (Wildman–Crippen MR) is 116 cm³/mol. The van der Waals surface area contributed by atoms with E-state index in [1.807, 2.05) is 31.2 Å². The zero-order valence-corrected chi connectivity index (χ0v) is 16.9. The first kappa shape index (κ1) is 19.3. The number of carbonyl (C=O) groups is 1. The van der Waals surface area contributed by atoms with Crippen molar-refractivity contribution in [3.8, 4) is 5.75 Å². The summed E-state index contributed by atoms with van der Waals surface area (Å²) in [5, 5.41) is 3.64. The van der Waals surface area contributed by atoms with Crippen LogP contribution in [0.3, 0.4) is 0 Å². The molecule has 6 heteroatoms. The van der Waals surface area contributed by atoms with Gasteiger partial charge in [-0.05, 0) is 73.7 Å². The number of thiophene rings is 1. The minimum atomic E-state index is -0.309. The quantitative estimate of drug-likeness (QED) is 0.526. The van der Waals surface area contributed by atoms with Gasteiger partial charge in [0.2, 0.25) is 0 Å². The average Bonchev–Trinajstić information content (AvgIpc) is 3.29. The lowest BCUT2D eigenvalue weighted by Crippen LogP contribution is -2.13. The number of ether oxygens (including phenoxy) is 1. The molecule has 1 aliphatic rings. The number of amides is 1. The summed E-state index contributed by atoms with van der Waals surface area (Å²) in [6, 6.07) is 13.6. The van der Waals surface area contributed by atoms with Crippen molar-refractivity contribution in [1.82, 2.24) is 0 Å². The molecule has 1 N–H and O–H groups in total. The molecule has 0 unspecified atom stereocenters. The van der Waals surface area contributed by atoms with Gasteiger partial charge >= 0.3 is 0 Å². The molecule has 0 fully saturated rings. The number of aliphatic imine (C=N–C) groups is 1. The summed E-state index contributed by atoms with van der Waals surface area (Å²) in [6.45, 7) is 2.53. The Labute approximate surface area is 173 Å². The number of nitrogens with one attached hydrogen (secondary N) is 1. The standard InChI is InChI=1S/C23H21FN2O2S/c1-2-28-18-11-9-17(10-12-18)26-22(27)21-19-7-4-8-20(19)29-23(21)25-14-15-5-3-6-16(24)13-15/h3,5-6,9-14H,2,4,7-8H2,1H3,(H,26,27)/b25-14+. The highest BCUT2D eigenvalue weighted by Gasteiger charge is 2.26. The largest absolute Gasteiger partial charge is 0.494 e. The zero-order valence-electron chi connectivity index (χ0n) is 16.1. The molecule has 0 radical (unpaired) electrons. The number of carbonyl (C=O) groups excluding carboxylic acids is 1. The van der Waals surface area contributed by atoms with Crippen LogP contribution in [-0.4, -0.2) is 18.7 Å². The van der Waals surface area contributed by atoms with Crippen molar-refractivity contribution in [3.05, 3.63) is 75.9 Å². The molecule has 1 aliphatic carbocycles. The van der Waals surface area contributed by atoms with Crippen molar-refractivity contribution in [1.29, 1.82) is 0 Å². The van der Waals surface area contributed by atoms with E-state index < -0.39 is 0 Å². The Hall–Kier alpha value is -2.99. The number of halogens is 1. The molecule has 2 aromatic carbocycles. The van der Waals surface area contributed by atoms with Crippen LogP contribution in [0, 0.1) is 5.82 Å². The molecular formula is C23H21FN2O2S. The Bertz CT molecular complexity index is 1060. The maximum absolute atomic E-state index is 13.4. The van der Waals surface area contributed by atoms with Crippen LogP contribution in [0.2, 0.25) is 0 Å². The lowest BCUT2D eigenvalue weighted by Gasteiger charge is -2.08. The van der Waals surface area contributed by atoms with E-state index in [4.69, 9.17) is 4.74 Å². The maximum Gasteiger partial charge on any atom is 0.259 e. The highest BCUT2D eigenvalue weighted by molar-refractivity contribution is 7.16. The molecule has 4 rings (SSSR count). The van der Waals surface area contributed by atoms with E-state index in [0.717, 1.165) is 30.6 Å². The van der Waals surface area contributed by atoms with Gasteiger partial charge in [-0.2, -0.15) is 0 Å². The van der Waals surface area contributed by atoms with Gasteiger partial charge in [0, 0.05) is 16.8 Å². The Kier molecular flexibility index (Phi) is 5.71. The van der Waals surface area contributed by atoms with Gasteiger partial charge in [-0.25, -0.2) is 9.38 Å². The van der Waals surface area contributed by atoms with Crippen molar-refractivity contribution in [2.45, 2.75) is 26.2 Å². The monoisotopic (exact) mass is 408 g/mol. The smallest absolute Gasteiger partial charge is 0.259 e. The number of hydrogen-bond acceptors (Lipinski definition) is 4. The Morgan fingerprint density at radius 1 is 1.24 bits per heavy atom. The Balaban J connectivity index is 1.59. The van der Waals surface area contributed by atoms with E-state index in [2.05, 4.69) is 10.3 Å². The van der Waals surface area contributed by atoms with Gasteiger partial charge < -0.3 is 10.1 Å². The second kappa shape index (κ2) is 8.57. The first-order valence-electron chi connectivity index (χ1n) is 9.62. The van der Waals surface area contributed by atoms with Crippen molar-refractivity contribution in [3.63, 3.8) is 0 Å². The second-order valence-corrected chi connectivity index (χ2v) is 7.85. The molecule has 0 atom stereocenters. The fraction of sp³-hybridized carbons (Fsp3) is 0.217. The summed E-state index contributed by atoms with van der Waals surface area (Å²) in [7, 11) is 0. The van der Waals surface area contributed by atoms with Gasteiger partial charge in [-0.15, -0.1) is 11.3 Å². The van der Waals surface area contributed by atoms with Crippen molar-refractivity contribution in [2.24, 2.45) is 4.99 Å². The average molecular weight is 408 g/mol. The van der Waals surface area contributed by atoms with Crippen LogP contribution < -0.4 is 10.1 Å². The van der Waals surface area contributed by atoms with E-state index >= 15 is 0 Å². The normalized spacial score (nSPS) is 12.9. The molecule has 0 spiro atoms. The van der Waals surface area contributed by atoms with Crippen molar-refractivity contribution >= 4 is 34.1 Å². The highest BCUT2D eigenvalue weighted by Crippen LogP contribution is 2.41. The van der Waals surface area contributed by atoms with Crippen LogP contribution in [0.4, 0.5) is 15.1 Å². The summed E-state index contributed by atoms with van der Waals surface area (Å²) < 4.78 is 18.9. The van der Waals surface area contributed by atoms with Crippen LogP contribution in [0.15, 0.2) is 53.5 Å². The summed E-state index contributed by atoms with van der Waals surface area (Å²) >= 11 is 1.55. The lowest BCUT2D eigenvalue weighted by molar-refractivity contribution is 0.102. The van der Waals surface area contributed by atoms with Crippen molar-refractivity contribution in [2.75, 3.05) is 11.9 Å². The van der Waals surface area contributed by atoms with E-state index in [-0.39, 0.29) is 11.7 Å². The van der Waals surface area contributed by atoms with Gasteiger partial charge in [0.15, 0.2) is 0 Å². The number of benzene rings is 2. The summed E-state index contributed by atoms with van der Waals surface area (Å²) in [5.74, 6) is 0.290. The van der Waals surface area contributed by atoms with E-state index in [0.29, 0.717) is 28.4 Å². The lowest BCUT2D eigenvalue weighted by atomic mass is 10.1. The Morgan fingerprint density at radius 2 is 2.07 bits per heavy atom. The topological polar surface area (TPSA) is 50.7 Å². The van der Waals surface area contributed by atoms with Gasteiger partial charge in [-0.3, -0.25) is 4.79 Å². The molecule has 29 heavy (non-hydrogen) atoms. The molecule has 1 aromatic heterocycles. The van der Waals surface area contributed by atoms with Gasteiger partial charge in [0.1, 0.15) is 16.6 Å². The predicted octanol–water partition coefficient (Wildman–Crippen LogP) is 5.78. The van der Waals surface area contributed by atoms with Crippen LogP contribution >= 0.6 is 11.3 Å². The molecule has 1 heterocycles. The van der Waals surface area contributed by atoms with Gasteiger partial charge in [-0.1, -0.05) is 12.1 Å². The first-order valence-corrected chi connectivity index (χ1v) is 10.4. The number of fused-ring (bicyclic) bond motifs is 1. The van der Waals surface area contributed by atoms with E-state index in [1.54, 1.807) is 29.7 Å². The molecule has 4 nitrogen and oxygen atoms in total. The van der Waals surface area contributed by atoms with Crippen LogP contribution in [0.25, 0.3) is 0 Å².